The van der Waals surface area contributed by atoms with Crippen LogP contribution in [0.2, 0.25) is 0 Å². The van der Waals surface area contributed by atoms with Gasteiger partial charge in [0, 0.05) is 25.9 Å². The maximum atomic E-state index is 14.2. The van der Waals surface area contributed by atoms with E-state index in [4.69, 9.17) is 9.47 Å². The molecule has 8 heteroatoms. The summed E-state index contributed by atoms with van der Waals surface area (Å²) in [6.45, 7) is 8.01. The summed E-state index contributed by atoms with van der Waals surface area (Å²) in [7, 11) is 3.36. The van der Waals surface area contributed by atoms with Crippen molar-refractivity contribution in [1.29, 1.82) is 0 Å². The molecule has 33 heavy (non-hydrogen) atoms. The molecule has 2 amide bonds. The minimum atomic E-state index is -1.03. The van der Waals surface area contributed by atoms with Crippen molar-refractivity contribution in [1.82, 2.24) is 14.8 Å². The van der Waals surface area contributed by atoms with E-state index >= 15 is 0 Å². The standard InChI is InChI=1S/C25H32FN3O4/c1-24(2,3)33-23(31)29-20(14-26)21(32-25(29,4)5)17-10-8-16(9-11-17)18-12-13-19(27-15-18)22(30)28(6)7/h8-13,15,20-21H,14H2,1-7H3. The van der Waals surface area contributed by atoms with Gasteiger partial charge in [0.15, 0.2) is 0 Å². The Labute approximate surface area is 194 Å². The van der Waals surface area contributed by atoms with Crippen LogP contribution in [-0.2, 0) is 9.47 Å². The van der Waals surface area contributed by atoms with Gasteiger partial charge in [0.05, 0.1) is 6.04 Å². The lowest BCUT2D eigenvalue weighted by atomic mass is 9.99. The van der Waals surface area contributed by atoms with E-state index in [9.17, 15) is 14.0 Å². The third kappa shape index (κ3) is 5.33. The molecule has 3 rings (SSSR count). The highest BCUT2D eigenvalue weighted by molar-refractivity contribution is 5.92. The second-order valence-corrected chi connectivity index (χ2v) is 9.81. The summed E-state index contributed by atoms with van der Waals surface area (Å²) in [5.74, 6) is -0.162. The van der Waals surface area contributed by atoms with Gasteiger partial charge in [0.1, 0.15) is 29.8 Å². The summed E-state index contributed by atoms with van der Waals surface area (Å²) in [6.07, 6.45) is 0.410. The van der Waals surface area contributed by atoms with Crippen LogP contribution in [0.25, 0.3) is 11.1 Å². The monoisotopic (exact) mass is 457 g/mol. The molecule has 2 heterocycles. The van der Waals surface area contributed by atoms with Gasteiger partial charge in [-0.1, -0.05) is 30.3 Å². The lowest BCUT2D eigenvalue weighted by Crippen LogP contribution is -2.50. The molecule has 0 saturated carbocycles. The van der Waals surface area contributed by atoms with Crippen molar-refractivity contribution < 1.29 is 23.5 Å². The minimum Gasteiger partial charge on any atom is -0.444 e. The molecule has 0 N–H and O–H groups in total. The number of carbonyl (C=O) groups excluding carboxylic acids is 2. The van der Waals surface area contributed by atoms with E-state index in [0.29, 0.717) is 5.69 Å². The molecule has 1 aromatic heterocycles. The number of aromatic nitrogens is 1. The normalized spacial score (nSPS) is 19.9. The van der Waals surface area contributed by atoms with Gasteiger partial charge in [0.25, 0.3) is 5.91 Å². The summed E-state index contributed by atoms with van der Waals surface area (Å²) in [5, 5.41) is 0. The molecule has 1 fully saturated rings. The predicted octanol–water partition coefficient (Wildman–Crippen LogP) is 4.83. The fraction of sp³-hybridized carbons (Fsp3) is 0.480. The lowest BCUT2D eigenvalue weighted by molar-refractivity contribution is -0.0797. The number of hydrogen-bond donors (Lipinski definition) is 0. The fourth-order valence-corrected chi connectivity index (χ4v) is 3.87. The zero-order valence-corrected chi connectivity index (χ0v) is 20.3. The van der Waals surface area contributed by atoms with Gasteiger partial charge in [0.2, 0.25) is 0 Å². The number of pyridine rings is 1. The summed E-state index contributed by atoms with van der Waals surface area (Å²) in [4.78, 5) is 31.9. The molecule has 7 nitrogen and oxygen atoms in total. The Morgan fingerprint density at radius 2 is 1.73 bits per heavy atom. The van der Waals surface area contributed by atoms with E-state index in [1.807, 2.05) is 30.3 Å². The van der Waals surface area contributed by atoms with Gasteiger partial charge in [-0.05, 0) is 51.8 Å². The molecular formula is C25H32FN3O4. The van der Waals surface area contributed by atoms with Crippen molar-refractivity contribution in [2.24, 2.45) is 0 Å². The molecule has 0 aliphatic carbocycles. The first-order valence-corrected chi connectivity index (χ1v) is 10.9. The molecule has 178 valence electrons. The number of carbonyl (C=O) groups is 2. The van der Waals surface area contributed by atoms with Crippen LogP contribution in [0.3, 0.4) is 0 Å². The molecule has 1 aromatic carbocycles. The van der Waals surface area contributed by atoms with Crippen molar-refractivity contribution in [3.8, 4) is 11.1 Å². The van der Waals surface area contributed by atoms with E-state index in [2.05, 4.69) is 4.98 Å². The first-order chi connectivity index (χ1) is 15.3. The van der Waals surface area contributed by atoms with Gasteiger partial charge in [-0.2, -0.15) is 0 Å². The van der Waals surface area contributed by atoms with Crippen LogP contribution in [0.15, 0.2) is 42.6 Å². The van der Waals surface area contributed by atoms with Crippen LogP contribution >= 0.6 is 0 Å². The second kappa shape index (κ2) is 9.09. The summed E-state index contributed by atoms with van der Waals surface area (Å²) in [5.41, 5.74) is 1.15. The first kappa shape index (κ1) is 24.6. The number of ether oxygens (including phenoxy) is 2. The zero-order chi connectivity index (χ0) is 24.6. The summed E-state index contributed by atoms with van der Waals surface area (Å²) in [6, 6.07) is 10.2. The summed E-state index contributed by atoms with van der Waals surface area (Å²) >= 11 is 0. The predicted molar refractivity (Wildman–Crippen MR) is 123 cm³/mol. The molecule has 0 radical (unpaired) electrons. The molecule has 0 spiro atoms. The van der Waals surface area contributed by atoms with Crippen molar-refractivity contribution >= 4 is 12.0 Å². The van der Waals surface area contributed by atoms with Crippen LogP contribution in [0.4, 0.5) is 9.18 Å². The molecule has 1 saturated heterocycles. The van der Waals surface area contributed by atoms with Gasteiger partial charge in [-0.25, -0.2) is 9.18 Å². The Bertz CT molecular complexity index is 998. The average molecular weight is 458 g/mol. The molecule has 1 aliphatic heterocycles. The Hall–Kier alpha value is -3.00. The van der Waals surface area contributed by atoms with E-state index in [-0.39, 0.29) is 5.91 Å². The fourth-order valence-electron chi connectivity index (χ4n) is 3.87. The molecular weight excluding hydrogens is 425 g/mol. The molecule has 2 aromatic rings. The van der Waals surface area contributed by atoms with Crippen molar-refractivity contribution in [3.63, 3.8) is 0 Å². The Morgan fingerprint density at radius 3 is 2.21 bits per heavy atom. The quantitative estimate of drug-likeness (QED) is 0.657. The van der Waals surface area contributed by atoms with Crippen molar-refractivity contribution in [2.75, 3.05) is 20.8 Å². The third-order valence-electron chi connectivity index (χ3n) is 5.39. The van der Waals surface area contributed by atoms with Gasteiger partial charge in [-0.15, -0.1) is 0 Å². The van der Waals surface area contributed by atoms with Crippen molar-refractivity contribution in [3.05, 3.63) is 53.9 Å². The van der Waals surface area contributed by atoms with E-state index in [1.54, 1.807) is 61.0 Å². The van der Waals surface area contributed by atoms with Crippen LogP contribution in [0.5, 0.6) is 0 Å². The van der Waals surface area contributed by atoms with Crippen LogP contribution < -0.4 is 0 Å². The largest absolute Gasteiger partial charge is 0.444 e. The highest BCUT2D eigenvalue weighted by Gasteiger charge is 2.51. The Balaban J connectivity index is 1.82. The number of rotatable bonds is 4. The number of amides is 2. The van der Waals surface area contributed by atoms with E-state index in [1.165, 1.54) is 9.80 Å². The van der Waals surface area contributed by atoms with Gasteiger partial charge < -0.3 is 14.4 Å². The number of alkyl halides is 1. The minimum absolute atomic E-state index is 0.162. The van der Waals surface area contributed by atoms with Crippen LogP contribution in [-0.4, -0.2) is 64.9 Å². The number of hydrogen-bond acceptors (Lipinski definition) is 5. The van der Waals surface area contributed by atoms with Crippen molar-refractivity contribution in [2.45, 2.75) is 58.1 Å². The van der Waals surface area contributed by atoms with Gasteiger partial charge >= 0.3 is 6.09 Å². The molecule has 1 aliphatic rings. The summed E-state index contributed by atoms with van der Waals surface area (Å²) < 4.78 is 25.8. The third-order valence-corrected chi connectivity index (χ3v) is 5.39. The maximum Gasteiger partial charge on any atom is 0.413 e. The topological polar surface area (TPSA) is 72.0 Å². The molecule has 0 bridgehead atoms. The van der Waals surface area contributed by atoms with Crippen LogP contribution in [0, 0.1) is 0 Å². The van der Waals surface area contributed by atoms with Crippen LogP contribution in [0.1, 0.15) is 56.8 Å². The molecule has 2 atom stereocenters. The van der Waals surface area contributed by atoms with E-state index in [0.717, 1.165) is 16.7 Å². The Kier molecular flexibility index (Phi) is 6.79. The zero-order valence-electron chi connectivity index (χ0n) is 20.3. The smallest absolute Gasteiger partial charge is 0.413 e. The average Bonchev–Trinajstić information content (AvgIpc) is 3.02. The first-order valence-electron chi connectivity index (χ1n) is 10.9. The highest BCUT2D eigenvalue weighted by atomic mass is 19.1. The maximum absolute atomic E-state index is 14.2. The number of halogens is 1. The number of nitrogens with zero attached hydrogens (tertiary/aromatic N) is 3. The Morgan fingerprint density at radius 1 is 1.12 bits per heavy atom. The number of benzene rings is 1. The molecule has 2 unspecified atom stereocenters. The lowest BCUT2D eigenvalue weighted by Gasteiger charge is -2.34. The second-order valence-electron chi connectivity index (χ2n) is 9.81. The van der Waals surface area contributed by atoms with Gasteiger partial charge in [-0.3, -0.25) is 14.7 Å². The highest BCUT2D eigenvalue weighted by Crippen LogP contribution is 2.42. The SMILES string of the molecule is CN(C)C(=O)c1ccc(-c2ccc(C3OC(C)(C)N(C(=O)OC(C)(C)C)C3CF)cc2)cn1. The van der Waals surface area contributed by atoms with E-state index < -0.39 is 36.2 Å².